The highest BCUT2D eigenvalue weighted by Gasteiger charge is 2.25. The number of likely N-dealkylation sites (tertiary alicyclic amines) is 1. The van der Waals surface area contributed by atoms with Crippen molar-refractivity contribution in [3.8, 4) is 0 Å². The molecule has 2 aromatic carbocycles. The zero-order valence-corrected chi connectivity index (χ0v) is 17.9. The molecule has 4 aromatic rings. The van der Waals surface area contributed by atoms with Crippen molar-refractivity contribution in [3.63, 3.8) is 0 Å². The van der Waals surface area contributed by atoms with Crippen molar-refractivity contribution < 1.29 is 9.90 Å². The highest BCUT2D eigenvalue weighted by atomic mass is 16.3. The van der Waals surface area contributed by atoms with Crippen LogP contribution < -0.4 is 5.56 Å². The molecule has 164 valence electrons. The molecule has 0 radical (unpaired) electrons. The number of imidazole rings is 1. The number of H-pyrrole nitrogens is 2. The Hall–Kier alpha value is -3.19. The second kappa shape index (κ2) is 7.45. The van der Waals surface area contributed by atoms with Crippen LogP contribution in [0.5, 0.6) is 0 Å². The maximum absolute atomic E-state index is 13.2. The summed E-state index contributed by atoms with van der Waals surface area (Å²) in [4.78, 5) is 39.1. The summed E-state index contributed by atoms with van der Waals surface area (Å²) in [7, 11) is 0. The summed E-state index contributed by atoms with van der Waals surface area (Å²) in [6.07, 6.45) is 7.25. The fourth-order valence-electron chi connectivity index (χ4n) is 5.47. The molecule has 1 saturated heterocycles. The molecule has 32 heavy (non-hydrogen) atoms. The number of rotatable bonds is 2. The van der Waals surface area contributed by atoms with Crippen LogP contribution in [-0.4, -0.2) is 50.1 Å². The average Bonchev–Trinajstić information content (AvgIpc) is 3.49. The predicted octanol–water partition coefficient (Wildman–Crippen LogP) is 3.81. The van der Waals surface area contributed by atoms with E-state index in [2.05, 4.69) is 9.97 Å². The number of carbonyl (C=O) groups is 1. The molecule has 0 spiro atoms. The van der Waals surface area contributed by atoms with Crippen LogP contribution in [0.15, 0.2) is 35.3 Å². The number of fused-ring (bicyclic) bond motifs is 6. The number of nitrogens with zero attached hydrogens (tertiary/aromatic N) is 2. The summed E-state index contributed by atoms with van der Waals surface area (Å²) in [5.74, 6) is 1.37. The van der Waals surface area contributed by atoms with Crippen LogP contribution in [0.3, 0.4) is 0 Å². The number of carbonyl (C=O) groups excluding carboxylic acids is 1. The van der Waals surface area contributed by atoms with Crippen molar-refractivity contribution in [1.29, 1.82) is 0 Å². The van der Waals surface area contributed by atoms with Crippen molar-refractivity contribution in [1.82, 2.24) is 19.9 Å². The molecule has 3 N–H and O–H groups in total. The van der Waals surface area contributed by atoms with Gasteiger partial charge in [-0.1, -0.05) is 18.9 Å². The van der Waals surface area contributed by atoms with Crippen molar-refractivity contribution >= 4 is 38.5 Å². The third-order valence-electron chi connectivity index (χ3n) is 7.24. The summed E-state index contributed by atoms with van der Waals surface area (Å²) < 4.78 is 0. The number of piperidine rings is 1. The van der Waals surface area contributed by atoms with E-state index >= 15 is 0 Å². The molecule has 1 saturated carbocycles. The van der Waals surface area contributed by atoms with Crippen LogP contribution in [0.1, 0.15) is 60.6 Å². The molecule has 1 aliphatic carbocycles. The predicted molar refractivity (Wildman–Crippen MR) is 124 cm³/mol. The monoisotopic (exact) mass is 430 g/mol. The van der Waals surface area contributed by atoms with E-state index in [0.29, 0.717) is 42.8 Å². The van der Waals surface area contributed by atoms with E-state index in [1.807, 2.05) is 24.3 Å². The number of aromatic amines is 2. The third-order valence-corrected chi connectivity index (χ3v) is 7.24. The van der Waals surface area contributed by atoms with E-state index < -0.39 is 0 Å². The molecule has 2 aromatic heterocycles. The number of benzene rings is 2. The Bertz CT molecular complexity index is 1410. The van der Waals surface area contributed by atoms with Crippen LogP contribution in [0.2, 0.25) is 0 Å². The molecular weight excluding hydrogens is 404 g/mol. The standard InChI is InChI=1S/C25H26N4O3/c30-16-8-11-29(12-9-16)25(32)15-5-6-17-19(13-15)20-18(7-10-26-24(20)31)22-21(17)27-23(28-22)14-3-1-2-4-14/h5-7,10,13-14,16,30H,1-4,8-9,11-12H2,(H,26,31)(H,27,28). The molecule has 7 nitrogen and oxygen atoms in total. The van der Waals surface area contributed by atoms with Crippen LogP contribution >= 0.6 is 0 Å². The lowest BCUT2D eigenvalue weighted by Gasteiger charge is -2.29. The zero-order chi connectivity index (χ0) is 21.8. The number of aromatic nitrogens is 3. The lowest BCUT2D eigenvalue weighted by atomic mass is 9.98. The largest absolute Gasteiger partial charge is 0.393 e. The molecule has 0 unspecified atom stereocenters. The van der Waals surface area contributed by atoms with Gasteiger partial charge in [0.1, 0.15) is 5.82 Å². The van der Waals surface area contributed by atoms with Gasteiger partial charge in [0.15, 0.2) is 0 Å². The molecule has 1 amide bonds. The zero-order valence-electron chi connectivity index (χ0n) is 17.9. The average molecular weight is 431 g/mol. The first kappa shape index (κ1) is 19.5. The van der Waals surface area contributed by atoms with Crippen molar-refractivity contribution in [3.05, 3.63) is 52.2 Å². The van der Waals surface area contributed by atoms with Gasteiger partial charge in [0.05, 0.1) is 22.5 Å². The van der Waals surface area contributed by atoms with Crippen LogP contribution in [0, 0.1) is 0 Å². The summed E-state index contributed by atoms with van der Waals surface area (Å²) in [5.41, 5.74) is 2.14. The Morgan fingerprint density at radius 3 is 2.59 bits per heavy atom. The third kappa shape index (κ3) is 3.03. The van der Waals surface area contributed by atoms with Gasteiger partial charge in [-0.25, -0.2) is 4.98 Å². The van der Waals surface area contributed by atoms with Gasteiger partial charge in [-0.3, -0.25) is 9.59 Å². The van der Waals surface area contributed by atoms with Gasteiger partial charge in [0, 0.05) is 41.5 Å². The number of aliphatic hydroxyl groups is 1. The molecule has 0 bridgehead atoms. The van der Waals surface area contributed by atoms with E-state index in [1.54, 1.807) is 11.1 Å². The summed E-state index contributed by atoms with van der Waals surface area (Å²) in [6.45, 7) is 1.09. The number of aliphatic hydroxyl groups excluding tert-OH is 1. The highest BCUT2D eigenvalue weighted by Crippen LogP contribution is 2.37. The van der Waals surface area contributed by atoms with Crippen molar-refractivity contribution in [2.24, 2.45) is 0 Å². The van der Waals surface area contributed by atoms with Gasteiger partial charge in [0.2, 0.25) is 0 Å². The molecule has 6 rings (SSSR count). The molecule has 0 atom stereocenters. The van der Waals surface area contributed by atoms with Crippen molar-refractivity contribution in [2.75, 3.05) is 13.1 Å². The van der Waals surface area contributed by atoms with E-state index in [9.17, 15) is 14.7 Å². The number of amides is 1. The minimum atomic E-state index is -0.333. The molecule has 2 aliphatic rings. The van der Waals surface area contributed by atoms with E-state index in [-0.39, 0.29) is 17.6 Å². The lowest BCUT2D eigenvalue weighted by Crippen LogP contribution is -2.40. The number of nitrogens with one attached hydrogen (secondary N) is 2. The van der Waals surface area contributed by atoms with E-state index in [0.717, 1.165) is 45.9 Å². The summed E-state index contributed by atoms with van der Waals surface area (Å²) in [5, 5.41) is 12.8. The Labute approximate surface area is 184 Å². The van der Waals surface area contributed by atoms with Gasteiger partial charge in [-0.2, -0.15) is 0 Å². The van der Waals surface area contributed by atoms with Gasteiger partial charge < -0.3 is 20.0 Å². The van der Waals surface area contributed by atoms with Crippen LogP contribution in [0.25, 0.3) is 32.6 Å². The Morgan fingerprint density at radius 1 is 1.03 bits per heavy atom. The maximum atomic E-state index is 13.2. The first-order chi connectivity index (χ1) is 15.6. The normalized spacial score (nSPS) is 18.3. The minimum Gasteiger partial charge on any atom is -0.393 e. The first-order valence-electron chi connectivity index (χ1n) is 11.5. The molecule has 7 heteroatoms. The topological polar surface area (TPSA) is 102 Å². The first-order valence-corrected chi connectivity index (χ1v) is 11.5. The van der Waals surface area contributed by atoms with Crippen molar-refractivity contribution in [2.45, 2.75) is 50.5 Å². The Kier molecular flexibility index (Phi) is 4.54. The SMILES string of the molecule is O=C(c1ccc2c(c1)c1c(=O)[nH]ccc1c1nc(C3CCCC3)[nH]c21)N1CCC(O)CC1. The number of hydrogen-bond donors (Lipinski definition) is 3. The quantitative estimate of drug-likeness (QED) is 0.421. The van der Waals surface area contributed by atoms with Gasteiger partial charge in [-0.05, 0) is 49.3 Å². The summed E-state index contributed by atoms with van der Waals surface area (Å²) in [6, 6.07) is 7.52. The van der Waals surface area contributed by atoms with E-state index in [4.69, 9.17) is 4.98 Å². The summed E-state index contributed by atoms with van der Waals surface area (Å²) >= 11 is 0. The minimum absolute atomic E-state index is 0.0596. The second-order valence-corrected chi connectivity index (χ2v) is 9.21. The fraction of sp³-hybridized carbons (Fsp3) is 0.400. The lowest BCUT2D eigenvalue weighted by molar-refractivity contribution is 0.0546. The fourth-order valence-corrected chi connectivity index (χ4v) is 5.47. The molecule has 2 fully saturated rings. The van der Waals surface area contributed by atoms with Crippen LogP contribution in [0.4, 0.5) is 0 Å². The van der Waals surface area contributed by atoms with E-state index in [1.165, 1.54) is 12.8 Å². The van der Waals surface area contributed by atoms with Gasteiger partial charge >= 0.3 is 0 Å². The number of hydrogen-bond acceptors (Lipinski definition) is 4. The maximum Gasteiger partial charge on any atom is 0.256 e. The van der Waals surface area contributed by atoms with Gasteiger partial charge in [-0.15, -0.1) is 0 Å². The van der Waals surface area contributed by atoms with Gasteiger partial charge in [0.25, 0.3) is 11.5 Å². The molecule has 1 aliphatic heterocycles. The smallest absolute Gasteiger partial charge is 0.256 e. The molecular formula is C25H26N4O3. The Balaban J connectivity index is 1.55. The molecule has 3 heterocycles. The number of pyridine rings is 1. The second-order valence-electron chi connectivity index (χ2n) is 9.21. The highest BCUT2D eigenvalue weighted by molar-refractivity contribution is 6.23. The van der Waals surface area contributed by atoms with Crippen LogP contribution in [-0.2, 0) is 0 Å². The Morgan fingerprint density at radius 2 is 1.81 bits per heavy atom.